The first-order chi connectivity index (χ1) is 15.2. The second-order valence-corrected chi connectivity index (χ2v) is 8.44. The van der Waals surface area contributed by atoms with Gasteiger partial charge in [-0.15, -0.1) is 0 Å². The van der Waals surface area contributed by atoms with Crippen LogP contribution in [-0.4, -0.2) is 41.0 Å². The van der Waals surface area contributed by atoms with Crippen molar-refractivity contribution in [3.63, 3.8) is 0 Å². The van der Waals surface area contributed by atoms with E-state index >= 15 is 0 Å². The standard InChI is InChI=1S/C26H26FN3O/c27-24-8-4-5-9-25(24)28-26(31)29-17-22-14-15-23(18-29)30(22)16-19-10-12-21(13-11-19)20-6-2-1-3-7-20/h1-13,22-23H,14-18H2,(H,28,31). The number of benzene rings is 3. The number of piperazine rings is 1. The summed E-state index contributed by atoms with van der Waals surface area (Å²) in [7, 11) is 0. The largest absolute Gasteiger partial charge is 0.322 e. The minimum atomic E-state index is -0.406. The zero-order valence-corrected chi connectivity index (χ0v) is 17.4. The van der Waals surface area contributed by atoms with Gasteiger partial charge in [0.15, 0.2) is 0 Å². The lowest BCUT2D eigenvalue weighted by Crippen LogP contribution is -2.55. The third-order valence-electron chi connectivity index (χ3n) is 6.46. The molecule has 2 fully saturated rings. The Morgan fingerprint density at radius 1 is 0.839 bits per heavy atom. The smallest absolute Gasteiger partial charge is 0.321 e. The predicted octanol–water partition coefficient (Wildman–Crippen LogP) is 5.37. The van der Waals surface area contributed by atoms with E-state index in [1.165, 1.54) is 22.8 Å². The van der Waals surface area contributed by atoms with Gasteiger partial charge in [0.1, 0.15) is 5.82 Å². The number of halogens is 1. The zero-order valence-electron chi connectivity index (χ0n) is 17.4. The summed E-state index contributed by atoms with van der Waals surface area (Å²) in [4.78, 5) is 17.1. The van der Waals surface area contributed by atoms with Crippen LogP contribution >= 0.6 is 0 Å². The predicted molar refractivity (Wildman–Crippen MR) is 121 cm³/mol. The number of nitrogens with zero attached hydrogens (tertiary/aromatic N) is 2. The normalized spacial score (nSPS) is 20.6. The second kappa shape index (κ2) is 8.52. The molecule has 5 rings (SSSR count). The van der Waals surface area contributed by atoms with Crippen molar-refractivity contribution >= 4 is 11.7 Å². The van der Waals surface area contributed by atoms with Crippen molar-refractivity contribution in [3.8, 4) is 11.1 Å². The van der Waals surface area contributed by atoms with Crippen LogP contribution in [0, 0.1) is 5.82 Å². The molecular weight excluding hydrogens is 389 g/mol. The summed E-state index contributed by atoms with van der Waals surface area (Å²) < 4.78 is 13.9. The van der Waals surface area contributed by atoms with Crippen LogP contribution in [0.4, 0.5) is 14.9 Å². The van der Waals surface area contributed by atoms with Crippen LogP contribution in [0.25, 0.3) is 11.1 Å². The molecule has 4 nitrogen and oxygen atoms in total. The first-order valence-electron chi connectivity index (χ1n) is 10.9. The van der Waals surface area contributed by atoms with Crippen LogP contribution < -0.4 is 5.32 Å². The first-order valence-corrected chi connectivity index (χ1v) is 10.9. The third kappa shape index (κ3) is 4.19. The van der Waals surface area contributed by atoms with Gasteiger partial charge in [0.25, 0.3) is 0 Å². The Morgan fingerprint density at radius 2 is 1.45 bits per heavy atom. The van der Waals surface area contributed by atoms with Gasteiger partial charge in [-0.25, -0.2) is 9.18 Å². The zero-order chi connectivity index (χ0) is 21.2. The van der Waals surface area contributed by atoms with Crippen molar-refractivity contribution in [3.05, 3.63) is 90.2 Å². The highest BCUT2D eigenvalue weighted by Gasteiger charge is 2.41. The fourth-order valence-electron chi connectivity index (χ4n) is 4.82. The molecular formula is C26H26FN3O. The van der Waals surface area contributed by atoms with Crippen LogP contribution in [-0.2, 0) is 6.54 Å². The third-order valence-corrected chi connectivity index (χ3v) is 6.46. The van der Waals surface area contributed by atoms with Gasteiger partial charge in [-0.2, -0.15) is 0 Å². The maximum atomic E-state index is 13.9. The van der Waals surface area contributed by atoms with E-state index in [9.17, 15) is 9.18 Å². The SMILES string of the molecule is O=C(Nc1ccccc1F)N1CC2CCC(C1)N2Cc1ccc(-c2ccccc2)cc1. The number of fused-ring (bicyclic) bond motifs is 2. The minimum absolute atomic E-state index is 0.214. The van der Waals surface area contributed by atoms with Crippen LogP contribution in [0.1, 0.15) is 18.4 Å². The van der Waals surface area contributed by atoms with Crippen molar-refractivity contribution in [1.82, 2.24) is 9.80 Å². The van der Waals surface area contributed by atoms with Crippen LogP contribution in [0.2, 0.25) is 0 Å². The molecule has 31 heavy (non-hydrogen) atoms. The summed E-state index contributed by atoms with van der Waals surface area (Å²) in [5, 5.41) is 2.73. The molecule has 0 saturated carbocycles. The van der Waals surface area contributed by atoms with Gasteiger partial charge in [0.05, 0.1) is 5.69 Å². The summed E-state index contributed by atoms with van der Waals surface area (Å²) in [5.41, 5.74) is 3.98. The highest BCUT2D eigenvalue weighted by atomic mass is 19.1. The number of carbonyl (C=O) groups excluding carboxylic acids is 1. The molecule has 0 aliphatic carbocycles. The minimum Gasteiger partial charge on any atom is -0.321 e. The number of nitrogens with one attached hydrogen (secondary N) is 1. The Balaban J connectivity index is 1.22. The molecule has 2 saturated heterocycles. The molecule has 2 aliphatic heterocycles. The fourth-order valence-corrected chi connectivity index (χ4v) is 4.82. The van der Waals surface area contributed by atoms with E-state index in [1.54, 1.807) is 18.2 Å². The number of hydrogen-bond donors (Lipinski definition) is 1. The van der Waals surface area contributed by atoms with Crippen molar-refractivity contribution in [2.45, 2.75) is 31.5 Å². The monoisotopic (exact) mass is 415 g/mol. The molecule has 2 amide bonds. The average Bonchev–Trinajstić information content (AvgIpc) is 3.03. The van der Waals surface area contributed by atoms with Crippen molar-refractivity contribution in [2.24, 2.45) is 0 Å². The van der Waals surface area contributed by atoms with Gasteiger partial charge < -0.3 is 10.2 Å². The molecule has 2 atom stereocenters. The molecule has 1 N–H and O–H groups in total. The molecule has 2 bridgehead atoms. The van der Waals surface area contributed by atoms with Crippen molar-refractivity contribution < 1.29 is 9.18 Å². The lowest BCUT2D eigenvalue weighted by molar-refractivity contribution is 0.0812. The van der Waals surface area contributed by atoms with Crippen LogP contribution in [0.15, 0.2) is 78.9 Å². The topological polar surface area (TPSA) is 35.6 Å². The van der Waals surface area contributed by atoms with E-state index in [0.717, 1.165) is 19.4 Å². The highest BCUT2D eigenvalue weighted by molar-refractivity contribution is 5.89. The Bertz CT molecular complexity index is 1040. The number of amides is 2. The molecule has 3 aromatic carbocycles. The molecule has 3 aromatic rings. The Labute approximate surface area is 182 Å². The van der Waals surface area contributed by atoms with Crippen molar-refractivity contribution in [1.29, 1.82) is 0 Å². The number of likely N-dealkylation sites (tertiary alicyclic amines) is 1. The second-order valence-electron chi connectivity index (χ2n) is 8.44. The van der Waals surface area contributed by atoms with Gasteiger partial charge in [-0.3, -0.25) is 4.90 Å². The maximum Gasteiger partial charge on any atom is 0.322 e. The van der Waals surface area contributed by atoms with E-state index in [2.05, 4.69) is 58.7 Å². The summed E-state index contributed by atoms with van der Waals surface area (Å²) in [6, 6.07) is 26.0. The summed E-state index contributed by atoms with van der Waals surface area (Å²) in [6.07, 6.45) is 2.19. The van der Waals surface area contributed by atoms with Gasteiger partial charge in [-0.1, -0.05) is 66.7 Å². The van der Waals surface area contributed by atoms with Crippen molar-refractivity contribution in [2.75, 3.05) is 18.4 Å². The number of anilines is 1. The molecule has 158 valence electrons. The van der Waals surface area contributed by atoms with Crippen LogP contribution in [0.3, 0.4) is 0 Å². The molecule has 0 spiro atoms. The number of para-hydroxylation sites is 1. The lowest BCUT2D eigenvalue weighted by atomic mass is 10.0. The summed E-state index contributed by atoms with van der Waals surface area (Å²) >= 11 is 0. The highest BCUT2D eigenvalue weighted by Crippen LogP contribution is 2.32. The molecule has 5 heteroatoms. The Morgan fingerprint density at radius 3 is 2.13 bits per heavy atom. The van der Waals surface area contributed by atoms with Gasteiger partial charge in [-0.05, 0) is 41.7 Å². The fraction of sp³-hybridized carbons (Fsp3) is 0.269. The maximum absolute atomic E-state index is 13.9. The van der Waals surface area contributed by atoms with E-state index in [4.69, 9.17) is 0 Å². The number of urea groups is 1. The van der Waals surface area contributed by atoms with E-state index < -0.39 is 5.82 Å². The molecule has 0 radical (unpaired) electrons. The Hall–Kier alpha value is -3.18. The number of rotatable bonds is 4. The summed E-state index contributed by atoms with van der Waals surface area (Å²) in [5.74, 6) is -0.406. The average molecular weight is 416 g/mol. The van der Waals surface area contributed by atoms with Gasteiger partial charge in [0, 0.05) is 31.7 Å². The van der Waals surface area contributed by atoms with Crippen LogP contribution in [0.5, 0.6) is 0 Å². The molecule has 2 unspecified atom stereocenters. The van der Waals surface area contributed by atoms with Gasteiger partial charge in [0.2, 0.25) is 0 Å². The molecule has 2 heterocycles. The molecule has 2 aliphatic rings. The quantitative estimate of drug-likeness (QED) is 0.622. The number of hydrogen-bond acceptors (Lipinski definition) is 2. The Kier molecular flexibility index (Phi) is 5.43. The summed E-state index contributed by atoms with van der Waals surface area (Å²) in [6.45, 7) is 2.25. The van der Waals surface area contributed by atoms with E-state index in [0.29, 0.717) is 25.2 Å². The van der Waals surface area contributed by atoms with Gasteiger partial charge >= 0.3 is 6.03 Å². The van der Waals surface area contributed by atoms with E-state index in [-0.39, 0.29) is 11.7 Å². The number of carbonyl (C=O) groups is 1. The van der Waals surface area contributed by atoms with E-state index in [1.807, 2.05) is 11.0 Å². The lowest BCUT2D eigenvalue weighted by Gasteiger charge is -2.41. The first kappa shape index (κ1) is 19.8. The molecule has 0 aromatic heterocycles.